The fourth-order valence-corrected chi connectivity index (χ4v) is 3.46. The van der Waals surface area contributed by atoms with Gasteiger partial charge in [-0.15, -0.1) is 0 Å². The quantitative estimate of drug-likeness (QED) is 0.681. The van der Waals surface area contributed by atoms with Gasteiger partial charge in [0.2, 0.25) is 0 Å². The van der Waals surface area contributed by atoms with Gasteiger partial charge in [-0.2, -0.15) is 0 Å². The average Bonchev–Trinajstić information content (AvgIpc) is 3.42. The van der Waals surface area contributed by atoms with E-state index in [0.29, 0.717) is 5.92 Å². The Morgan fingerprint density at radius 3 is 2.85 bits per heavy atom. The molecule has 2 N–H and O–H groups in total. The van der Waals surface area contributed by atoms with Gasteiger partial charge in [-0.3, -0.25) is 4.98 Å². The highest BCUT2D eigenvalue weighted by atomic mass is 16.2. The Morgan fingerprint density at radius 1 is 1.26 bits per heavy atom. The highest BCUT2D eigenvalue weighted by molar-refractivity contribution is 5.92. The van der Waals surface area contributed by atoms with Gasteiger partial charge in [0.15, 0.2) is 0 Å². The van der Waals surface area contributed by atoms with E-state index in [2.05, 4.69) is 38.2 Å². The maximum atomic E-state index is 12.6. The molecule has 1 fully saturated rings. The number of fused-ring (bicyclic) bond motifs is 1. The van der Waals surface area contributed by atoms with Crippen molar-refractivity contribution in [1.29, 1.82) is 0 Å². The second-order valence-corrected chi connectivity index (χ2v) is 7.31. The van der Waals surface area contributed by atoms with E-state index < -0.39 is 0 Å². The van der Waals surface area contributed by atoms with Crippen LogP contribution in [0, 0.1) is 12.8 Å². The molecule has 1 aliphatic rings. The second kappa shape index (κ2) is 7.39. The van der Waals surface area contributed by atoms with Crippen LogP contribution in [-0.2, 0) is 6.54 Å². The zero-order valence-electron chi connectivity index (χ0n) is 15.8. The third-order valence-electron chi connectivity index (χ3n) is 4.98. The Balaban J connectivity index is 1.47. The van der Waals surface area contributed by atoms with Crippen molar-refractivity contribution >= 4 is 22.8 Å². The maximum absolute atomic E-state index is 12.6. The summed E-state index contributed by atoms with van der Waals surface area (Å²) in [5.41, 5.74) is 4.80. The highest BCUT2D eigenvalue weighted by Crippen LogP contribution is 2.40. The first kappa shape index (κ1) is 17.5. The summed E-state index contributed by atoms with van der Waals surface area (Å²) in [6.45, 7) is 5.13. The summed E-state index contributed by atoms with van der Waals surface area (Å²) in [5.74, 6) is 0.470. The number of benzene rings is 1. The highest BCUT2D eigenvalue weighted by Gasteiger charge is 2.34. The Kier molecular flexibility index (Phi) is 4.79. The number of nitrogens with zero attached hydrogens (tertiary/aromatic N) is 3. The molecule has 27 heavy (non-hydrogen) atoms. The van der Waals surface area contributed by atoms with Crippen LogP contribution in [0.25, 0.3) is 11.0 Å². The summed E-state index contributed by atoms with van der Waals surface area (Å²) in [4.78, 5) is 21.5. The van der Waals surface area contributed by atoms with Crippen molar-refractivity contribution in [3.8, 4) is 0 Å². The van der Waals surface area contributed by atoms with E-state index in [1.54, 1.807) is 6.20 Å². The fraction of sp³-hybridized carbons (Fsp3) is 0.381. The van der Waals surface area contributed by atoms with Crippen molar-refractivity contribution in [3.05, 3.63) is 54.1 Å². The molecule has 2 heterocycles. The van der Waals surface area contributed by atoms with Crippen LogP contribution in [0.15, 0.2) is 42.9 Å². The first-order valence-corrected chi connectivity index (χ1v) is 9.59. The topological polar surface area (TPSA) is 71.8 Å². The van der Waals surface area contributed by atoms with Gasteiger partial charge >= 0.3 is 6.03 Å². The molecule has 2 amide bonds. The SMILES string of the molecule is CCCn1cnc2cc(NC(=O)N[C@@H](c3cc(C)ccn3)C3CC3)ccc21. The summed E-state index contributed by atoms with van der Waals surface area (Å²) in [6, 6.07) is 9.62. The molecule has 0 aliphatic heterocycles. The van der Waals surface area contributed by atoms with Gasteiger partial charge in [-0.05, 0) is 68.0 Å². The van der Waals surface area contributed by atoms with Crippen LogP contribution in [0.5, 0.6) is 0 Å². The van der Waals surface area contributed by atoms with Gasteiger partial charge in [0.25, 0.3) is 0 Å². The van der Waals surface area contributed by atoms with Crippen LogP contribution >= 0.6 is 0 Å². The Morgan fingerprint density at radius 2 is 2.11 bits per heavy atom. The number of aryl methyl sites for hydroxylation is 2. The van der Waals surface area contributed by atoms with Gasteiger partial charge < -0.3 is 15.2 Å². The number of anilines is 1. The number of pyridine rings is 1. The van der Waals surface area contributed by atoms with Crippen LogP contribution in [-0.4, -0.2) is 20.6 Å². The number of imidazole rings is 1. The van der Waals surface area contributed by atoms with Crippen molar-refractivity contribution in [2.24, 2.45) is 5.92 Å². The monoisotopic (exact) mass is 363 g/mol. The van der Waals surface area contributed by atoms with Gasteiger partial charge in [-0.1, -0.05) is 6.92 Å². The lowest BCUT2D eigenvalue weighted by atomic mass is 10.1. The number of carbonyl (C=O) groups excluding carboxylic acids is 1. The number of aromatic nitrogens is 3. The predicted molar refractivity (Wildman–Crippen MR) is 107 cm³/mol. The predicted octanol–water partition coefficient (Wildman–Crippen LogP) is 4.42. The molecule has 0 radical (unpaired) electrons. The maximum Gasteiger partial charge on any atom is 0.319 e. The number of rotatable bonds is 6. The molecule has 0 spiro atoms. The lowest BCUT2D eigenvalue weighted by molar-refractivity contribution is 0.246. The molecule has 6 heteroatoms. The Bertz CT molecular complexity index is 960. The minimum Gasteiger partial charge on any atom is -0.331 e. The van der Waals surface area contributed by atoms with Crippen LogP contribution in [0.2, 0.25) is 0 Å². The van der Waals surface area contributed by atoms with Crippen LogP contribution in [0.4, 0.5) is 10.5 Å². The summed E-state index contributed by atoms with van der Waals surface area (Å²) >= 11 is 0. The van der Waals surface area contributed by atoms with Crippen molar-refractivity contribution in [2.75, 3.05) is 5.32 Å². The molecule has 4 rings (SSSR count). The molecule has 3 aromatic rings. The number of amides is 2. The summed E-state index contributed by atoms with van der Waals surface area (Å²) in [6.07, 6.45) is 6.97. The van der Waals surface area contributed by atoms with Crippen molar-refractivity contribution in [2.45, 2.75) is 45.7 Å². The molecule has 1 aromatic carbocycles. The molecule has 0 unspecified atom stereocenters. The number of urea groups is 1. The van der Waals surface area contributed by atoms with Gasteiger partial charge in [0, 0.05) is 18.4 Å². The minimum absolute atomic E-state index is 0.0441. The van der Waals surface area contributed by atoms with Crippen LogP contribution in [0.1, 0.15) is 43.5 Å². The first-order valence-electron chi connectivity index (χ1n) is 9.59. The molecule has 1 saturated carbocycles. The molecule has 0 bridgehead atoms. The van der Waals surface area contributed by atoms with E-state index in [1.165, 1.54) is 0 Å². The third-order valence-corrected chi connectivity index (χ3v) is 4.98. The average molecular weight is 363 g/mol. The molecular weight excluding hydrogens is 338 g/mol. The zero-order chi connectivity index (χ0) is 18.8. The number of hydrogen-bond donors (Lipinski definition) is 2. The minimum atomic E-state index is -0.206. The van der Waals surface area contributed by atoms with Crippen LogP contribution in [0.3, 0.4) is 0 Å². The lowest BCUT2D eigenvalue weighted by Crippen LogP contribution is -2.34. The molecular formula is C21H25N5O. The zero-order valence-corrected chi connectivity index (χ0v) is 15.8. The van der Waals surface area contributed by atoms with E-state index in [4.69, 9.17) is 0 Å². The third kappa shape index (κ3) is 3.94. The molecule has 1 aliphatic carbocycles. The first-order chi connectivity index (χ1) is 13.1. The number of hydrogen-bond acceptors (Lipinski definition) is 3. The number of nitrogens with one attached hydrogen (secondary N) is 2. The van der Waals surface area contributed by atoms with Gasteiger partial charge in [0.1, 0.15) is 0 Å². The molecule has 140 valence electrons. The standard InChI is InChI=1S/C21H25N5O/c1-3-10-26-13-23-17-12-16(6-7-19(17)26)24-21(27)25-20(15-4-5-15)18-11-14(2)8-9-22-18/h6-9,11-13,15,20H,3-5,10H2,1-2H3,(H2,24,25,27)/t20-/m1/s1. The van der Waals surface area contributed by atoms with E-state index in [0.717, 1.165) is 53.8 Å². The van der Waals surface area contributed by atoms with Crippen molar-refractivity contribution in [3.63, 3.8) is 0 Å². The number of carbonyl (C=O) groups is 1. The van der Waals surface area contributed by atoms with Crippen LogP contribution < -0.4 is 10.6 Å². The van der Waals surface area contributed by atoms with Gasteiger partial charge in [0.05, 0.1) is 29.1 Å². The summed E-state index contributed by atoms with van der Waals surface area (Å²) in [7, 11) is 0. The van der Waals surface area contributed by atoms with Crippen molar-refractivity contribution < 1.29 is 4.79 Å². The van der Waals surface area contributed by atoms with E-state index in [9.17, 15) is 4.79 Å². The smallest absolute Gasteiger partial charge is 0.319 e. The van der Waals surface area contributed by atoms with E-state index in [-0.39, 0.29) is 12.1 Å². The summed E-state index contributed by atoms with van der Waals surface area (Å²) in [5, 5.41) is 6.05. The fourth-order valence-electron chi connectivity index (χ4n) is 3.46. The van der Waals surface area contributed by atoms with Crippen molar-refractivity contribution in [1.82, 2.24) is 19.9 Å². The van der Waals surface area contributed by atoms with E-state index >= 15 is 0 Å². The molecule has 0 saturated heterocycles. The normalized spacial score (nSPS) is 14.9. The Hall–Kier alpha value is -2.89. The Labute approximate surface area is 159 Å². The largest absolute Gasteiger partial charge is 0.331 e. The van der Waals surface area contributed by atoms with Gasteiger partial charge in [-0.25, -0.2) is 9.78 Å². The molecule has 6 nitrogen and oxygen atoms in total. The summed E-state index contributed by atoms with van der Waals surface area (Å²) < 4.78 is 2.13. The molecule has 2 aromatic heterocycles. The van der Waals surface area contributed by atoms with E-state index in [1.807, 2.05) is 37.5 Å². The lowest BCUT2D eigenvalue weighted by Gasteiger charge is -2.18. The molecule has 1 atom stereocenters. The second-order valence-electron chi connectivity index (χ2n) is 7.31.